The van der Waals surface area contributed by atoms with E-state index in [4.69, 9.17) is 18.4 Å². The van der Waals surface area contributed by atoms with Crippen molar-refractivity contribution in [1.82, 2.24) is 0 Å². The van der Waals surface area contributed by atoms with Crippen molar-refractivity contribution in [1.29, 1.82) is 0 Å². The molecular formula is C25H25NO8S. The number of anilines is 1. The van der Waals surface area contributed by atoms with Crippen molar-refractivity contribution in [3.8, 4) is 17.2 Å². The number of methoxy groups -OCH3 is 2. The lowest BCUT2D eigenvalue weighted by Gasteiger charge is -2.12. The molecule has 0 aliphatic carbocycles. The van der Waals surface area contributed by atoms with Crippen molar-refractivity contribution in [2.24, 2.45) is 0 Å². The second-order valence-corrected chi connectivity index (χ2v) is 9.04. The molecule has 184 valence electrons. The summed E-state index contributed by atoms with van der Waals surface area (Å²) in [6.07, 6.45) is 0. The molecule has 0 saturated carbocycles. The van der Waals surface area contributed by atoms with Gasteiger partial charge in [-0.05, 0) is 67.4 Å². The Kier molecular flexibility index (Phi) is 7.98. The van der Waals surface area contributed by atoms with Gasteiger partial charge in [0.2, 0.25) is 0 Å². The number of aryl methyl sites for hydroxylation is 2. The SMILES string of the molecule is COc1ccc(OC)c(NC(=O)COC(=O)c2ccc(OS(=O)(=O)c3cc(C)ccc3C)cc2)c1. The number of carbonyl (C=O) groups excluding carboxylic acids is 2. The summed E-state index contributed by atoms with van der Waals surface area (Å²) in [6.45, 7) is 2.92. The van der Waals surface area contributed by atoms with Crippen LogP contribution in [-0.4, -0.2) is 41.1 Å². The van der Waals surface area contributed by atoms with Crippen LogP contribution in [0, 0.1) is 13.8 Å². The van der Waals surface area contributed by atoms with Crippen molar-refractivity contribution in [2.45, 2.75) is 18.7 Å². The number of hydrogen-bond acceptors (Lipinski definition) is 8. The molecule has 0 fully saturated rings. The predicted molar refractivity (Wildman–Crippen MR) is 129 cm³/mol. The maximum atomic E-state index is 12.6. The molecule has 0 spiro atoms. The minimum absolute atomic E-state index is 0.0327. The standard InChI is InChI=1S/C25H25NO8S/c1-16-5-6-17(2)23(13-16)35(29,30)34-19-9-7-18(8-10-19)25(28)33-15-24(27)26-21-14-20(31-3)11-12-22(21)32-4/h5-14H,15H2,1-4H3,(H,26,27). The molecule has 0 saturated heterocycles. The normalized spacial score (nSPS) is 10.9. The van der Waals surface area contributed by atoms with E-state index in [1.807, 2.05) is 6.07 Å². The van der Waals surface area contributed by atoms with E-state index in [1.165, 1.54) is 44.6 Å². The molecule has 10 heteroatoms. The van der Waals surface area contributed by atoms with Crippen LogP contribution >= 0.6 is 0 Å². The van der Waals surface area contributed by atoms with Gasteiger partial charge in [-0.3, -0.25) is 4.79 Å². The first kappa shape index (κ1) is 25.6. The van der Waals surface area contributed by atoms with Crippen LogP contribution in [0.3, 0.4) is 0 Å². The summed E-state index contributed by atoms with van der Waals surface area (Å²) in [5.74, 6) is -0.381. The molecule has 3 rings (SSSR count). The molecule has 35 heavy (non-hydrogen) atoms. The molecule has 0 bridgehead atoms. The van der Waals surface area contributed by atoms with Crippen LogP contribution in [0.5, 0.6) is 17.2 Å². The second kappa shape index (κ2) is 10.9. The second-order valence-electron chi connectivity index (χ2n) is 7.52. The van der Waals surface area contributed by atoms with Crippen molar-refractivity contribution in [3.05, 3.63) is 77.4 Å². The number of benzene rings is 3. The maximum absolute atomic E-state index is 12.6. The molecule has 3 aromatic carbocycles. The lowest BCUT2D eigenvalue weighted by molar-refractivity contribution is -0.119. The largest absolute Gasteiger partial charge is 0.497 e. The third kappa shape index (κ3) is 6.51. The summed E-state index contributed by atoms with van der Waals surface area (Å²) in [7, 11) is -1.10. The highest BCUT2D eigenvalue weighted by Crippen LogP contribution is 2.29. The van der Waals surface area contributed by atoms with Gasteiger partial charge in [-0.2, -0.15) is 8.42 Å². The summed E-state index contributed by atoms with van der Waals surface area (Å²) in [4.78, 5) is 24.6. The Balaban J connectivity index is 1.60. The zero-order valence-electron chi connectivity index (χ0n) is 19.7. The number of ether oxygens (including phenoxy) is 3. The molecule has 0 unspecified atom stereocenters. The average molecular weight is 500 g/mol. The fourth-order valence-corrected chi connectivity index (χ4v) is 4.35. The predicted octanol–water partition coefficient (Wildman–Crippen LogP) is 3.88. The monoisotopic (exact) mass is 499 g/mol. The lowest BCUT2D eigenvalue weighted by Crippen LogP contribution is -2.21. The smallest absolute Gasteiger partial charge is 0.339 e. The highest BCUT2D eigenvalue weighted by Gasteiger charge is 2.20. The number of carbonyl (C=O) groups is 2. The van der Waals surface area contributed by atoms with E-state index in [-0.39, 0.29) is 16.2 Å². The fraction of sp³-hybridized carbons (Fsp3) is 0.200. The van der Waals surface area contributed by atoms with Gasteiger partial charge in [0.05, 0.1) is 25.5 Å². The number of amides is 1. The summed E-state index contributed by atoms with van der Waals surface area (Å²) in [5.41, 5.74) is 1.82. The fourth-order valence-electron chi connectivity index (χ4n) is 3.11. The first-order chi connectivity index (χ1) is 16.6. The van der Waals surface area contributed by atoms with E-state index in [0.29, 0.717) is 22.7 Å². The van der Waals surface area contributed by atoms with Crippen LogP contribution < -0.4 is 19.0 Å². The van der Waals surface area contributed by atoms with E-state index in [2.05, 4.69) is 5.32 Å². The van der Waals surface area contributed by atoms with E-state index in [1.54, 1.807) is 38.1 Å². The van der Waals surface area contributed by atoms with Gasteiger partial charge in [0.1, 0.15) is 22.1 Å². The zero-order chi connectivity index (χ0) is 25.6. The van der Waals surface area contributed by atoms with Crippen LogP contribution in [0.25, 0.3) is 0 Å². The summed E-state index contributed by atoms with van der Waals surface area (Å²) >= 11 is 0. The van der Waals surface area contributed by atoms with Crippen LogP contribution in [0.15, 0.2) is 65.6 Å². The Morgan fingerprint density at radius 3 is 2.20 bits per heavy atom. The number of hydrogen-bond donors (Lipinski definition) is 1. The molecule has 0 atom stereocenters. The minimum Gasteiger partial charge on any atom is -0.497 e. The van der Waals surface area contributed by atoms with Gasteiger partial charge >= 0.3 is 16.1 Å². The number of nitrogens with one attached hydrogen (secondary N) is 1. The minimum atomic E-state index is -4.05. The molecule has 9 nitrogen and oxygen atoms in total. The van der Waals surface area contributed by atoms with E-state index < -0.39 is 28.6 Å². The molecule has 0 aliphatic rings. The Hall–Kier alpha value is -4.05. The summed E-state index contributed by atoms with van der Waals surface area (Å²) in [5, 5.41) is 2.59. The first-order valence-electron chi connectivity index (χ1n) is 10.4. The van der Waals surface area contributed by atoms with Crippen molar-refractivity contribution in [3.63, 3.8) is 0 Å². The molecule has 1 N–H and O–H groups in total. The summed E-state index contributed by atoms with van der Waals surface area (Å²) in [6, 6.07) is 15.3. The topological polar surface area (TPSA) is 117 Å². The molecule has 0 aromatic heterocycles. The van der Waals surface area contributed by atoms with Crippen molar-refractivity contribution >= 4 is 27.7 Å². The van der Waals surface area contributed by atoms with Gasteiger partial charge in [0.25, 0.3) is 5.91 Å². The Labute approximate surface area is 203 Å². The van der Waals surface area contributed by atoms with Gasteiger partial charge in [0, 0.05) is 6.07 Å². The highest BCUT2D eigenvalue weighted by atomic mass is 32.2. The van der Waals surface area contributed by atoms with Gasteiger partial charge in [0.15, 0.2) is 6.61 Å². The molecular weight excluding hydrogens is 474 g/mol. The first-order valence-corrected chi connectivity index (χ1v) is 11.8. The van der Waals surface area contributed by atoms with E-state index in [0.717, 1.165) is 5.56 Å². The van der Waals surface area contributed by atoms with Crippen LogP contribution in [0.1, 0.15) is 21.5 Å². The Morgan fingerprint density at radius 1 is 0.857 bits per heavy atom. The molecule has 0 radical (unpaired) electrons. The molecule has 3 aromatic rings. The van der Waals surface area contributed by atoms with Gasteiger partial charge in [-0.15, -0.1) is 0 Å². The highest BCUT2D eigenvalue weighted by molar-refractivity contribution is 7.87. The number of rotatable bonds is 9. The van der Waals surface area contributed by atoms with Gasteiger partial charge in [-0.25, -0.2) is 4.79 Å². The van der Waals surface area contributed by atoms with Crippen molar-refractivity contribution in [2.75, 3.05) is 26.1 Å². The van der Waals surface area contributed by atoms with Crippen LogP contribution in [-0.2, 0) is 19.6 Å². The number of esters is 1. The average Bonchev–Trinajstić information content (AvgIpc) is 2.84. The molecule has 1 amide bonds. The van der Waals surface area contributed by atoms with Crippen molar-refractivity contribution < 1.29 is 36.4 Å². The third-order valence-corrected chi connectivity index (χ3v) is 6.31. The third-order valence-electron chi connectivity index (χ3n) is 4.92. The Bertz CT molecular complexity index is 1330. The molecule has 0 aliphatic heterocycles. The lowest BCUT2D eigenvalue weighted by atomic mass is 10.2. The van der Waals surface area contributed by atoms with Crippen LogP contribution in [0.2, 0.25) is 0 Å². The van der Waals surface area contributed by atoms with Gasteiger partial charge in [-0.1, -0.05) is 12.1 Å². The van der Waals surface area contributed by atoms with Gasteiger partial charge < -0.3 is 23.7 Å². The zero-order valence-corrected chi connectivity index (χ0v) is 20.5. The quantitative estimate of drug-likeness (QED) is 0.348. The van der Waals surface area contributed by atoms with Crippen LogP contribution in [0.4, 0.5) is 5.69 Å². The molecule has 0 heterocycles. The maximum Gasteiger partial charge on any atom is 0.339 e. The van der Waals surface area contributed by atoms with E-state index >= 15 is 0 Å². The van der Waals surface area contributed by atoms with E-state index in [9.17, 15) is 18.0 Å². The Morgan fingerprint density at radius 2 is 1.54 bits per heavy atom. The summed E-state index contributed by atoms with van der Waals surface area (Å²) < 4.78 is 45.8.